The fourth-order valence-electron chi connectivity index (χ4n) is 3.46. The van der Waals surface area contributed by atoms with E-state index in [4.69, 9.17) is 9.47 Å². The number of aliphatic carboxylic acids is 1. The molecule has 0 spiro atoms. The van der Waals surface area contributed by atoms with Crippen molar-refractivity contribution in [3.8, 4) is 22.9 Å². The summed E-state index contributed by atoms with van der Waals surface area (Å²) in [6, 6.07) is 26.9. The van der Waals surface area contributed by atoms with Gasteiger partial charge in [-0.3, -0.25) is 0 Å². The fourth-order valence-corrected chi connectivity index (χ4v) is 3.46. The number of hydrogen-bond donors (Lipinski definition) is 0. The lowest BCUT2D eigenvalue weighted by Crippen LogP contribution is -2.28. The first-order valence-corrected chi connectivity index (χ1v) is 10.9. The number of benzene rings is 3. The molecule has 0 aliphatic heterocycles. The van der Waals surface area contributed by atoms with Gasteiger partial charge in [-0.15, -0.1) is 10.2 Å². The predicted octanol–water partition coefficient (Wildman–Crippen LogP) is 2.80. The Morgan fingerprint density at radius 3 is 2.43 bits per heavy atom. The minimum absolute atomic E-state index is 0.337. The monoisotopic (exact) mass is 466 g/mol. The molecule has 0 saturated carbocycles. The van der Waals surface area contributed by atoms with Gasteiger partial charge in [0.25, 0.3) is 0 Å². The van der Waals surface area contributed by atoms with E-state index in [1.165, 1.54) is 0 Å². The number of ether oxygens (including phenoxy) is 2. The fraction of sp³-hybridized carbons (Fsp3) is 0.115. The number of aromatic nitrogens is 5. The summed E-state index contributed by atoms with van der Waals surface area (Å²) < 4.78 is 11.8. The van der Waals surface area contributed by atoms with Gasteiger partial charge in [0.05, 0.1) is 17.2 Å². The Kier molecular flexibility index (Phi) is 6.29. The van der Waals surface area contributed by atoms with E-state index in [9.17, 15) is 9.90 Å². The van der Waals surface area contributed by atoms with Crippen molar-refractivity contribution in [2.45, 2.75) is 19.8 Å². The van der Waals surface area contributed by atoms with Crippen molar-refractivity contribution < 1.29 is 19.4 Å². The number of rotatable bonds is 9. The van der Waals surface area contributed by atoms with Gasteiger partial charge in [0.1, 0.15) is 31.3 Å². The van der Waals surface area contributed by atoms with Crippen LogP contribution >= 0.6 is 0 Å². The van der Waals surface area contributed by atoms with Crippen LogP contribution in [0.4, 0.5) is 0 Å². The number of fused-ring (bicyclic) bond motifs is 1. The average Bonchev–Trinajstić information content (AvgIpc) is 3.34. The zero-order chi connectivity index (χ0) is 24.0. The molecular weight excluding hydrogens is 446 g/mol. The smallest absolute Gasteiger partial charge is 0.204 e. The van der Waals surface area contributed by atoms with Crippen LogP contribution in [-0.4, -0.2) is 31.2 Å². The third kappa shape index (κ3) is 5.59. The van der Waals surface area contributed by atoms with Crippen LogP contribution in [0.3, 0.4) is 0 Å². The van der Waals surface area contributed by atoms with Crippen molar-refractivity contribution in [3.05, 3.63) is 96.2 Å². The Morgan fingerprint density at radius 1 is 0.857 bits per heavy atom. The Balaban J connectivity index is 1.17. The summed E-state index contributed by atoms with van der Waals surface area (Å²) in [6.07, 6.45) is 0. The third-order valence-corrected chi connectivity index (χ3v) is 5.19. The summed E-state index contributed by atoms with van der Waals surface area (Å²) in [5, 5.41) is 23.3. The van der Waals surface area contributed by atoms with Crippen LogP contribution in [0, 0.1) is 0 Å². The minimum Gasteiger partial charge on any atom is -0.548 e. The molecule has 9 nitrogen and oxygen atoms in total. The van der Waals surface area contributed by atoms with E-state index in [-0.39, 0.29) is 0 Å². The summed E-state index contributed by atoms with van der Waals surface area (Å²) in [7, 11) is 0. The quantitative estimate of drug-likeness (QED) is 0.326. The second-order valence-corrected chi connectivity index (χ2v) is 7.76. The molecule has 9 heteroatoms. The number of carbonyl (C=O) groups is 1. The number of carboxylic acid groups (broad SMARTS) is 1. The molecule has 0 N–H and O–H groups in total. The van der Waals surface area contributed by atoms with E-state index in [1.807, 2.05) is 84.9 Å². The summed E-state index contributed by atoms with van der Waals surface area (Å²) >= 11 is 0. The highest BCUT2D eigenvalue weighted by Crippen LogP contribution is 2.22. The number of hydrogen-bond acceptors (Lipinski definition) is 8. The van der Waals surface area contributed by atoms with Crippen molar-refractivity contribution in [1.82, 2.24) is 25.2 Å². The second kappa shape index (κ2) is 10.0. The maximum atomic E-state index is 10.6. The standard InChI is InChI=1S/C26H21N5O4/c32-25(33)15-31-29-26(28-30-31)20-10-8-18(9-11-20)16-34-22-5-3-6-23(14-22)35-17-21-13-12-19-4-1-2-7-24(19)27-21/h1-14H,15-17H2,(H,32,33)/p-1. The number of para-hydroxylation sites is 1. The first-order valence-electron chi connectivity index (χ1n) is 10.9. The van der Waals surface area contributed by atoms with Gasteiger partial charge in [0.2, 0.25) is 5.82 Å². The van der Waals surface area contributed by atoms with Gasteiger partial charge in [0.15, 0.2) is 0 Å². The van der Waals surface area contributed by atoms with E-state index < -0.39 is 12.5 Å². The van der Waals surface area contributed by atoms with Gasteiger partial charge in [0, 0.05) is 17.0 Å². The molecule has 0 aliphatic carbocycles. The van der Waals surface area contributed by atoms with Gasteiger partial charge in [-0.1, -0.05) is 54.6 Å². The lowest BCUT2D eigenvalue weighted by Gasteiger charge is -2.10. The maximum Gasteiger partial charge on any atom is 0.204 e. The maximum absolute atomic E-state index is 10.6. The predicted molar refractivity (Wildman–Crippen MR) is 125 cm³/mol. The Hall–Kier alpha value is -4.79. The molecule has 0 radical (unpaired) electrons. The number of pyridine rings is 1. The number of tetrazole rings is 1. The first kappa shape index (κ1) is 22.0. The topological polar surface area (TPSA) is 115 Å². The van der Waals surface area contributed by atoms with Crippen molar-refractivity contribution in [3.63, 3.8) is 0 Å². The lowest BCUT2D eigenvalue weighted by molar-refractivity contribution is -0.307. The molecule has 3 aromatic carbocycles. The molecule has 174 valence electrons. The Morgan fingerprint density at radius 2 is 1.63 bits per heavy atom. The van der Waals surface area contributed by atoms with Gasteiger partial charge in [-0.2, -0.15) is 4.80 Å². The van der Waals surface area contributed by atoms with Crippen LogP contribution < -0.4 is 14.6 Å². The Bertz CT molecular complexity index is 1470. The largest absolute Gasteiger partial charge is 0.548 e. The summed E-state index contributed by atoms with van der Waals surface area (Å²) in [5.41, 5.74) is 3.46. The van der Waals surface area contributed by atoms with Crippen LogP contribution in [0.15, 0.2) is 84.9 Å². The SMILES string of the molecule is O=C([O-])Cn1nnc(-c2ccc(COc3cccc(OCc4ccc5ccccc5n4)c3)cc2)n1. The normalized spacial score (nSPS) is 10.9. The van der Waals surface area contributed by atoms with Gasteiger partial charge < -0.3 is 19.4 Å². The highest BCUT2D eigenvalue weighted by atomic mass is 16.5. The number of carboxylic acids is 1. The van der Waals surface area contributed by atoms with Crippen LogP contribution in [0.25, 0.3) is 22.3 Å². The van der Waals surface area contributed by atoms with Gasteiger partial charge in [-0.25, -0.2) is 4.98 Å². The molecule has 0 atom stereocenters. The molecule has 0 bridgehead atoms. The van der Waals surface area contributed by atoms with Gasteiger partial charge >= 0.3 is 0 Å². The van der Waals surface area contributed by atoms with Crippen LogP contribution in [0.1, 0.15) is 11.3 Å². The molecule has 0 unspecified atom stereocenters. The van der Waals surface area contributed by atoms with Crippen LogP contribution in [0.2, 0.25) is 0 Å². The Labute approximate surface area is 200 Å². The third-order valence-electron chi connectivity index (χ3n) is 5.19. The van der Waals surface area contributed by atoms with Crippen LogP contribution in [-0.2, 0) is 24.6 Å². The van der Waals surface area contributed by atoms with E-state index in [1.54, 1.807) is 0 Å². The number of nitrogens with zero attached hydrogens (tertiary/aromatic N) is 5. The first-order chi connectivity index (χ1) is 17.1. The second-order valence-electron chi connectivity index (χ2n) is 7.76. The average molecular weight is 466 g/mol. The van der Waals surface area contributed by atoms with Crippen LogP contribution in [0.5, 0.6) is 11.5 Å². The van der Waals surface area contributed by atoms with E-state index in [0.717, 1.165) is 32.5 Å². The van der Waals surface area contributed by atoms with Crippen molar-refractivity contribution in [2.75, 3.05) is 0 Å². The van der Waals surface area contributed by atoms with E-state index >= 15 is 0 Å². The lowest BCUT2D eigenvalue weighted by atomic mass is 10.1. The molecule has 2 heterocycles. The van der Waals surface area contributed by atoms with Crippen molar-refractivity contribution >= 4 is 16.9 Å². The molecule has 35 heavy (non-hydrogen) atoms. The van der Waals surface area contributed by atoms with Gasteiger partial charge in [-0.05, 0) is 35.0 Å². The molecule has 5 rings (SSSR count). The molecule has 0 saturated heterocycles. The van der Waals surface area contributed by atoms with Crippen molar-refractivity contribution in [1.29, 1.82) is 0 Å². The molecule has 0 fully saturated rings. The highest BCUT2D eigenvalue weighted by Gasteiger charge is 2.07. The summed E-state index contributed by atoms with van der Waals surface area (Å²) in [5.74, 6) is 0.439. The molecule has 0 amide bonds. The molecule has 0 aliphatic rings. The summed E-state index contributed by atoms with van der Waals surface area (Å²) in [6.45, 7) is 0.276. The molecule has 2 aromatic heterocycles. The van der Waals surface area contributed by atoms with E-state index in [0.29, 0.717) is 30.5 Å². The molecule has 5 aromatic rings. The molecular formula is C26H20N5O4-. The zero-order valence-corrected chi connectivity index (χ0v) is 18.6. The van der Waals surface area contributed by atoms with E-state index in [2.05, 4.69) is 20.4 Å². The highest BCUT2D eigenvalue weighted by molar-refractivity contribution is 5.78. The zero-order valence-electron chi connectivity index (χ0n) is 18.6. The summed E-state index contributed by atoms with van der Waals surface area (Å²) in [4.78, 5) is 16.3. The number of carbonyl (C=O) groups excluding carboxylic acids is 1. The minimum atomic E-state index is -1.28. The van der Waals surface area contributed by atoms with Crippen molar-refractivity contribution in [2.24, 2.45) is 0 Å².